The molecule has 0 radical (unpaired) electrons. The van der Waals surface area contributed by atoms with E-state index < -0.39 is 5.97 Å². The molecule has 0 aliphatic heterocycles. The molecule has 1 heterocycles. The smallest absolute Gasteiger partial charge is 0.338 e. The van der Waals surface area contributed by atoms with Crippen molar-refractivity contribution in [3.63, 3.8) is 0 Å². The summed E-state index contributed by atoms with van der Waals surface area (Å²) in [6, 6.07) is 0. The number of hydrogen-bond acceptors (Lipinski definition) is 4. The Hall–Kier alpha value is -2.30. The van der Waals surface area contributed by atoms with Crippen LogP contribution in [0.1, 0.15) is 62.2 Å². The zero-order valence-corrected chi connectivity index (χ0v) is 13.9. The standard InChI is InChI=1S/C19H21N3O2/c1-19-6-2-4-12-8-15(9-13(16(12)19)5-3-7-19)22-18-20-10-14(11-21-18)17(23)24/h4,10-11H,2-3,5-9H2,1H3,(H,23,24). The lowest BCUT2D eigenvalue weighted by Crippen LogP contribution is -2.31. The summed E-state index contributed by atoms with van der Waals surface area (Å²) in [5.74, 6) is -0.662. The van der Waals surface area contributed by atoms with Gasteiger partial charge in [-0.05, 0) is 48.7 Å². The Morgan fingerprint density at radius 1 is 1.25 bits per heavy atom. The normalized spacial score (nSPS) is 27.7. The Morgan fingerprint density at radius 3 is 2.79 bits per heavy atom. The molecule has 24 heavy (non-hydrogen) atoms. The number of carboxylic acid groups (broad SMARTS) is 1. The number of aromatic nitrogens is 2. The molecule has 0 fully saturated rings. The first-order valence-electron chi connectivity index (χ1n) is 8.59. The molecule has 5 nitrogen and oxygen atoms in total. The van der Waals surface area contributed by atoms with Gasteiger partial charge in [0.15, 0.2) is 0 Å². The predicted molar refractivity (Wildman–Crippen MR) is 91.6 cm³/mol. The number of hydrogen-bond donors (Lipinski definition) is 1. The van der Waals surface area contributed by atoms with Gasteiger partial charge in [-0.15, -0.1) is 0 Å². The summed E-state index contributed by atoms with van der Waals surface area (Å²) >= 11 is 0. The Morgan fingerprint density at radius 2 is 2.04 bits per heavy atom. The summed E-state index contributed by atoms with van der Waals surface area (Å²) in [5, 5.41) is 8.92. The van der Waals surface area contributed by atoms with E-state index in [-0.39, 0.29) is 5.56 Å². The minimum absolute atomic E-state index is 0.0885. The molecule has 1 N–H and O–H groups in total. The SMILES string of the molecule is CC12CCC=C3CC(=Nc4ncc(C(=O)O)cn4)CC(=C31)CCC2. The number of carbonyl (C=O) groups is 1. The Labute approximate surface area is 141 Å². The van der Waals surface area contributed by atoms with Gasteiger partial charge in [0.2, 0.25) is 5.95 Å². The van der Waals surface area contributed by atoms with Crippen LogP contribution < -0.4 is 0 Å². The van der Waals surface area contributed by atoms with Gasteiger partial charge in [-0.3, -0.25) is 0 Å². The lowest BCUT2D eigenvalue weighted by molar-refractivity contribution is 0.0696. The van der Waals surface area contributed by atoms with Crippen LogP contribution in [-0.2, 0) is 0 Å². The summed E-state index contributed by atoms with van der Waals surface area (Å²) in [6.07, 6.45) is 13.0. The fourth-order valence-electron chi connectivity index (χ4n) is 4.48. The van der Waals surface area contributed by atoms with Crippen LogP contribution in [0.25, 0.3) is 0 Å². The van der Waals surface area contributed by atoms with E-state index in [0.717, 1.165) is 25.0 Å². The molecule has 3 aliphatic rings. The van der Waals surface area contributed by atoms with Crippen LogP contribution >= 0.6 is 0 Å². The van der Waals surface area contributed by atoms with Crippen molar-refractivity contribution in [3.05, 3.63) is 40.8 Å². The zero-order valence-electron chi connectivity index (χ0n) is 13.9. The van der Waals surface area contributed by atoms with Gasteiger partial charge in [0.05, 0.1) is 5.56 Å². The van der Waals surface area contributed by atoms with Gasteiger partial charge in [0.25, 0.3) is 0 Å². The third kappa shape index (κ3) is 2.58. The van der Waals surface area contributed by atoms with E-state index in [1.807, 2.05) is 0 Å². The number of nitrogens with zero attached hydrogens (tertiary/aromatic N) is 3. The van der Waals surface area contributed by atoms with Gasteiger partial charge in [-0.2, -0.15) is 0 Å². The molecule has 0 bridgehead atoms. The maximum absolute atomic E-state index is 10.9. The van der Waals surface area contributed by atoms with Crippen LogP contribution in [0.3, 0.4) is 0 Å². The molecule has 0 saturated carbocycles. The Balaban J connectivity index is 1.66. The quantitative estimate of drug-likeness (QED) is 0.883. The Kier molecular flexibility index (Phi) is 3.59. The van der Waals surface area contributed by atoms with Crippen molar-refractivity contribution in [2.75, 3.05) is 0 Å². The van der Waals surface area contributed by atoms with Crippen molar-refractivity contribution < 1.29 is 9.90 Å². The molecule has 3 aliphatic carbocycles. The average molecular weight is 323 g/mol. The highest BCUT2D eigenvalue weighted by atomic mass is 16.4. The van der Waals surface area contributed by atoms with Crippen LogP contribution in [0.4, 0.5) is 5.95 Å². The maximum Gasteiger partial charge on any atom is 0.338 e. The van der Waals surface area contributed by atoms with Crippen molar-refractivity contribution >= 4 is 17.6 Å². The summed E-state index contributed by atoms with van der Waals surface area (Å²) < 4.78 is 0. The fraction of sp³-hybridized carbons (Fsp3) is 0.474. The van der Waals surface area contributed by atoms with Crippen molar-refractivity contribution in [1.82, 2.24) is 9.97 Å². The van der Waals surface area contributed by atoms with Crippen molar-refractivity contribution in [2.45, 2.75) is 51.9 Å². The molecule has 0 saturated heterocycles. The van der Waals surface area contributed by atoms with Crippen LogP contribution in [-0.4, -0.2) is 26.8 Å². The molecule has 124 valence electrons. The lowest BCUT2D eigenvalue weighted by Gasteiger charge is -2.44. The van der Waals surface area contributed by atoms with E-state index in [1.165, 1.54) is 43.7 Å². The minimum Gasteiger partial charge on any atom is -0.478 e. The van der Waals surface area contributed by atoms with E-state index in [1.54, 1.807) is 11.1 Å². The van der Waals surface area contributed by atoms with Crippen LogP contribution in [0, 0.1) is 5.41 Å². The van der Waals surface area contributed by atoms with Crippen LogP contribution in [0.5, 0.6) is 0 Å². The van der Waals surface area contributed by atoms with Gasteiger partial charge < -0.3 is 5.11 Å². The first kappa shape index (κ1) is 15.2. The average Bonchev–Trinajstić information content (AvgIpc) is 2.55. The van der Waals surface area contributed by atoms with Gasteiger partial charge >= 0.3 is 5.97 Å². The number of rotatable bonds is 2. The summed E-state index contributed by atoms with van der Waals surface area (Å²) in [6.45, 7) is 2.42. The van der Waals surface area contributed by atoms with E-state index >= 15 is 0 Å². The molecule has 1 unspecified atom stereocenters. The van der Waals surface area contributed by atoms with Crippen LogP contribution in [0.15, 0.2) is 40.2 Å². The molecular weight excluding hydrogens is 302 g/mol. The maximum atomic E-state index is 10.9. The van der Waals surface area contributed by atoms with Crippen molar-refractivity contribution in [1.29, 1.82) is 0 Å². The topological polar surface area (TPSA) is 75.4 Å². The van der Waals surface area contributed by atoms with Crippen LogP contribution in [0.2, 0.25) is 0 Å². The van der Waals surface area contributed by atoms with E-state index in [2.05, 4.69) is 28.0 Å². The second-order valence-corrected chi connectivity index (χ2v) is 7.27. The second kappa shape index (κ2) is 5.65. The number of aliphatic imine (C=N–C) groups is 1. The van der Waals surface area contributed by atoms with Crippen molar-refractivity contribution in [3.8, 4) is 0 Å². The zero-order chi connectivity index (χ0) is 16.7. The highest BCUT2D eigenvalue weighted by Crippen LogP contribution is 2.53. The molecule has 1 aromatic heterocycles. The predicted octanol–water partition coefficient (Wildman–Crippen LogP) is 4.25. The summed E-state index contributed by atoms with van der Waals surface area (Å²) in [7, 11) is 0. The number of aromatic carboxylic acids is 1. The van der Waals surface area contributed by atoms with Gasteiger partial charge in [0, 0.05) is 30.9 Å². The van der Waals surface area contributed by atoms with Crippen molar-refractivity contribution in [2.24, 2.45) is 10.4 Å². The molecule has 5 heteroatoms. The van der Waals surface area contributed by atoms with E-state index in [9.17, 15) is 4.79 Å². The van der Waals surface area contributed by atoms with Gasteiger partial charge in [-0.1, -0.05) is 18.6 Å². The monoisotopic (exact) mass is 323 g/mol. The molecule has 0 spiro atoms. The first-order valence-corrected chi connectivity index (χ1v) is 8.59. The molecule has 0 aromatic carbocycles. The van der Waals surface area contributed by atoms with Gasteiger partial charge in [-0.25, -0.2) is 19.8 Å². The summed E-state index contributed by atoms with van der Waals surface area (Å²) in [4.78, 5) is 23.6. The molecule has 1 atom stereocenters. The van der Waals surface area contributed by atoms with Gasteiger partial charge in [0.1, 0.15) is 0 Å². The highest BCUT2D eigenvalue weighted by Gasteiger charge is 2.39. The fourth-order valence-corrected chi connectivity index (χ4v) is 4.48. The third-order valence-electron chi connectivity index (χ3n) is 5.53. The summed E-state index contributed by atoms with van der Waals surface area (Å²) in [5.41, 5.74) is 6.15. The van der Waals surface area contributed by atoms with E-state index in [0.29, 0.717) is 11.4 Å². The number of carboxylic acids is 1. The number of allylic oxidation sites excluding steroid dienone is 4. The first-order chi connectivity index (χ1) is 11.5. The molecule has 4 rings (SSSR count). The lowest BCUT2D eigenvalue weighted by atomic mass is 9.60. The molecule has 1 aromatic rings. The largest absolute Gasteiger partial charge is 0.478 e. The third-order valence-corrected chi connectivity index (χ3v) is 5.53. The minimum atomic E-state index is -1.02. The second-order valence-electron chi connectivity index (χ2n) is 7.27. The molecule has 0 amide bonds. The highest BCUT2D eigenvalue weighted by molar-refractivity contribution is 5.93. The Bertz CT molecular complexity index is 789. The molecular formula is C19H21N3O2. The van der Waals surface area contributed by atoms with E-state index in [4.69, 9.17) is 5.11 Å².